The Labute approximate surface area is 131 Å². The number of rotatable bonds is 4. The number of carbonyl (C=O) groups is 2. The number of hydrogen-bond acceptors (Lipinski definition) is 3. The molecular weight excluding hydrogens is 325 g/mol. The molecule has 108 valence electrons. The molecular formula is C13H12Cl3NO3. The Kier molecular flexibility index (Phi) is 6.33. The van der Waals surface area contributed by atoms with Crippen molar-refractivity contribution in [3.8, 4) is 0 Å². The number of benzene rings is 1. The Morgan fingerprint density at radius 2 is 1.85 bits per heavy atom. The maximum absolute atomic E-state index is 11.9. The molecule has 0 bridgehead atoms. The normalized spacial score (nSPS) is 11.9. The van der Waals surface area contributed by atoms with Gasteiger partial charge in [-0.3, -0.25) is 4.79 Å². The predicted molar refractivity (Wildman–Crippen MR) is 79.5 cm³/mol. The maximum Gasteiger partial charge on any atom is 0.340 e. The van der Waals surface area contributed by atoms with Crippen molar-refractivity contribution in [1.82, 2.24) is 5.32 Å². The van der Waals surface area contributed by atoms with Crippen LogP contribution in [-0.2, 0) is 14.3 Å². The van der Waals surface area contributed by atoms with Crippen molar-refractivity contribution in [2.75, 3.05) is 6.61 Å². The summed E-state index contributed by atoms with van der Waals surface area (Å²) in [5.41, 5.74) is 0.741. The van der Waals surface area contributed by atoms with Crippen LogP contribution in [0.3, 0.4) is 0 Å². The van der Waals surface area contributed by atoms with Gasteiger partial charge in [-0.05, 0) is 12.5 Å². The van der Waals surface area contributed by atoms with Gasteiger partial charge in [0.05, 0.1) is 12.2 Å². The summed E-state index contributed by atoms with van der Waals surface area (Å²) in [4.78, 5) is 23.3. The van der Waals surface area contributed by atoms with Gasteiger partial charge in [-0.25, -0.2) is 4.79 Å². The molecule has 0 atom stereocenters. The molecule has 0 aliphatic rings. The van der Waals surface area contributed by atoms with Gasteiger partial charge in [0.1, 0.15) is 0 Å². The fourth-order valence-electron chi connectivity index (χ4n) is 1.31. The Morgan fingerprint density at radius 1 is 1.25 bits per heavy atom. The monoisotopic (exact) mass is 335 g/mol. The van der Waals surface area contributed by atoms with Gasteiger partial charge in [-0.15, -0.1) is 0 Å². The van der Waals surface area contributed by atoms with Crippen LogP contribution in [0.5, 0.6) is 0 Å². The molecule has 0 fully saturated rings. The minimum absolute atomic E-state index is 0.162. The van der Waals surface area contributed by atoms with Crippen molar-refractivity contribution < 1.29 is 14.3 Å². The van der Waals surface area contributed by atoms with Crippen molar-refractivity contribution in [2.24, 2.45) is 0 Å². The zero-order valence-corrected chi connectivity index (χ0v) is 12.8. The van der Waals surface area contributed by atoms with Gasteiger partial charge in [0.25, 0.3) is 9.70 Å². The summed E-state index contributed by atoms with van der Waals surface area (Å²) in [6.45, 7) is 1.89. The van der Waals surface area contributed by atoms with E-state index < -0.39 is 15.7 Å². The summed E-state index contributed by atoms with van der Waals surface area (Å²) in [7, 11) is 0. The molecule has 0 saturated heterocycles. The van der Waals surface area contributed by atoms with E-state index >= 15 is 0 Å². The largest absolute Gasteiger partial charge is 0.462 e. The lowest BCUT2D eigenvalue weighted by Crippen LogP contribution is -2.31. The lowest BCUT2D eigenvalue weighted by molar-refractivity contribution is -0.136. The fourth-order valence-corrected chi connectivity index (χ4v) is 1.47. The van der Waals surface area contributed by atoms with E-state index in [4.69, 9.17) is 39.5 Å². The average Bonchev–Trinajstić information content (AvgIpc) is 2.39. The van der Waals surface area contributed by atoms with Crippen LogP contribution in [0.1, 0.15) is 12.5 Å². The highest BCUT2D eigenvalue weighted by Gasteiger charge is 2.30. The summed E-state index contributed by atoms with van der Waals surface area (Å²) in [5.74, 6) is -1.44. The highest BCUT2D eigenvalue weighted by atomic mass is 35.6. The summed E-state index contributed by atoms with van der Waals surface area (Å²) in [6, 6.07) is 8.69. The molecule has 1 aromatic rings. The molecule has 4 nitrogen and oxygen atoms in total. The first-order valence-electron chi connectivity index (χ1n) is 5.66. The second-order valence-corrected chi connectivity index (χ2v) is 5.90. The lowest BCUT2D eigenvalue weighted by atomic mass is 10.1. The van der Waals surface area contributed by atoms with Gasteiger partial charge in [-0.2, -0.15) is 0 Å². The molecule has 1 amide bonds. The topological polar surface area (TPSA) is 55.4 Å². The van der Waals surface area contributed by atoms with Crippen LogP contribution in [0, 0.1) is 0 Å². The zero-order chi connectivity index (χ0) is 15.2. The smallest absolute Gasteiger partial charge is 0.340 e. The molecule has 0 aliphatic heterocycles. The van der Waals surface area contributed by atoms with E-state index in [-0.39, 0.29) is 12.2 Å². The molecule has 1 rings (SSSR count). The maximum atomic E-state index is 11.9. The summed E-state index contributed by atoms with van der Waals surface area (Å²) in [6.07, 6.45) is 1.16. The molecule has 0 aromatic heterocycles. The Hall–Kier alpha value is -1.23. The lowest BCUT2D eigenvalue weighted by Gasteiger charge is -2.11. The van der Waals surface area contributed by atoms with Gasteiger partial charge in [0, 0.05) is 6.20 Å². The quantitative estimate of drug-likeness (QED) is 0.522. The molecule has 0 heterocycles. The first-order valence-corrected chi connectivity index (χ1v) is 6.80. The molecule has 7 heteroatoms. The van der Waals surface area contributed by atoms with Crippen LogP contribution in [0.15, 0.2) is 36.5 Å². The van der Waals surface area contributed by atoms with Gasteiger partial charge in [0.15, 0.2) is 0 Å². The van der Waals surface area contributed by atoms with E-state index in [2.05, 4.69) is 5.32 Å². The standard InChI is InChI=1S/C13H12Cl3NO3/c1-2-20-11(18)10(9-6-4-3-5-7-9)8-17-12(19)13(14,15)16/h3-8H,2H2,1H3,(H,17,19)/b10-8+. The number of esters is 1. The second-order valence-electron chi connectivity index (χ2n) is 3.62. The van der Waals surface area contributed by atoms with E-state index in [1.54, 1.807) is 37.3 Å². The Balaban J connectivity index is 3.00. The first kappa shape index (κ1) is 16.8. The molecule has 0 saturated carbocycles. The minimum atomic E-state index is -2.10. The average molecular weight is 337 g/mol. The number of halogens is 3. The van der Waals surface area contributed by atoms with Crippen LogP contribution < -0.4 is 5.32 Å². The number of nitrogens with one attached hydrogen (secondary N) is 1. The molecule has 1 N–H and O–H groups in total. The van der Waals surface area contributed by atoms with Gasteiger partial charge >= 0.3 is 5.97 Å². The molecule has 0 unspecified atom stereocenters. The van der Waals surface area contributed by atoms with E-state index in [0.29, 0.717) is 5.56 Å². The van der Waals surface area contributed by atoms with Crippen molar-refractivity contribution in [2.45, 2.75) is 10.7 Å². The van der Waals surface area contributed by atoms with Gasteiger partial charge in [0.2, 0.25) is 0 Å². The SMILES string of the molecule is CCOC(=O)/C(=C/NC(=O)C(Cl)(Cl)Cl)c1ccccc1. The van der Waals surface area contributed by atoms with Crippen LogP contribution in [0.25, 0.3) is 5.57 Å². The van der Waals surface area contributed by atoms with E-state index in [0.717, 1.165) is 6.20 Å². The summed E-state index contributed by atoms with van der Waals surface area (Å²) < 4.78 is 2.81. The second kappa shape index (κ2) is 7.53. The van der Waals surface area contributed by atoms with Gasteiger partial charge in [-0.1, -0.05) is 65.1 Å². The molecule has 20 heavy (non-hydrogen) atoms. The number of alkyl halides is 3. The van der Waals surface area contributed by atoms with Crippen molar-refractivity contribution in [1.29, 1.82) is 0 Å². The molecule has 0 spiro atoms. The summed E-state index contributed by atoms with van der Waals surface area (Å²) in [5, 5.41) is 2.26. The highest BCUT2D eigenvalue weighted by Crippen LogP contribution is 2.26. The predicted octanol–water partition coefficient (Wildman–Crippen LogP) is 3.08. The molecule has 1 aromatic carbocycles. The number of ether oxygens (including phenoxy) is 1. The van der Waals surface area contributed by atoms with Crippen LogP contribution in [0.2, 0.25) is 0 Å². The van der Waals surface area contributed by atoms with Crippen molar-refractivity contribution in [3.63, 3.8) is 0 Å². The molecule has 0 aliphatic carbocycles. The van der Waals surface area contributed by atoms with Crippen LogP contribution in [-0.4, -0.2) is 22.3 Å². The molecule has 0 radical (unpaired) electrons. The fraction of sp³-hybridized carbons (Fsp3) is 0.231. The summed E-state index contributed by atoms with van der Waals surface area (Å²) >= 11 is 16.3. The number of carbonyl (C=O) groups excluding carboxylic acids is 2. The number of amides is 1. The van der Waals surface area contributed by atoms with Crippen LogP contribution >= 0.6 is 34.8 Å². The van der Waals surface area contributed by atoms with Crippen LogP contribution in [0.4, 0.5) is 0 Å². The van der Waals surface area contributed by atoms with Crippen molar-refractivity contribution in [3.05, 3.63) is 42.1 Å². The first-order chi connectivity index (χ1) is 9.36. The van der Waals surface area contributed by atoms with Crippen molar-refractivity contribution >= 4 is 52.3 Å². The van der Waals surface area contributed by atoms with E-state index in [1.807, 2.05) is 0 Å². The zero-order valence-electron chi connectivity index (χ0n) is 10.5. The highest BCUT2D eigenvalue weighted by molar-refractivity contribution is 6.76. The van der Waals surface area contributed by atoms with E-state index in [1.165, 1.54) is 0 Å². The minimum Gasteiger partial charge on any atom is -0.462 e. The number of hydrogen-bond donors (Lipinski definition) is 1. The van der Waals surface area contributed by atoms with Gasteiger partial charge < -0.3 is 10.1 Å². The Morgan fingerprint density at radius 3 is 2.35 bits per heavy atom. The van der Waals surface area contributed by atoms with E-state index in [9.17, 15) is 9.59 Å². The third-order valence-electron chi connectivity index (χ3n) is 2.19. The third-order valence-corrected chi connectivity index (χ3v) is 2.70. The third kappa shape index (κ3) is 5.04. The Bertz CT molecular complexity index is 509.